The molecule has 10 heteroatoms. The summed E-state index contributed by atoms with van der Waals surface area (Å²) in [5.74, 6) is 0.486. The quantitative estimate of drug-likeness (QED) is 0.634. The Labute approximate surface area is 176 Å². The van der Waals surface area contributed by atoms with Crippen LogP contribution in [0, 0.1) is 0 Å². The molecule has 0 radical (unpaired) electrons. The second-order valence-electron chi connectivity index (χ2n) is 7.77. The van der Waals surface area contributed by atoms with Gasteiger partial charge >= 0.3 is 12.2 Å². The molecular weight excluding hydrogens is 394 g/mol. The van der Waals surface area contributed by atoms with Gasteiger partial charge in [-0.3, -0.25) is 4.90 Å². The Morgan fingerprint density at radius 1 is 1.34 bits per heavy atom. The van der Waals surface area contributed by atoms with Crippen LogP contribution < -0.4 is 15.5 Å². The van der Waals surface area contributed by atoms with Gasteiger partial charge in [-0.15, -0.1) is 0 Å². The van der Waals surface area contributed by atoms with Crippen LogP contribution in [0.2, 0.25) is 0 Å². The van der Waals surface area contributed by atoms with E-state index in [9.17, 15) is 9.59 Å². The Hall–Kier alpha value is -2.62. The summed E-state index contributed by atoms with van der Waals surface area (Å²) in [5, 5.41) is 15.0. The highest BCUT2D eigenvalue weighted by Gasteiger charge is 2.24. The van der Waals surface area contributed by atoms with Gasteiger partial charge in [0.25, 0.3) is 0 Å². The van der Waals surface area contributed by atoms with Crippen molar-refractivity contribution in [3.05, 3.63) is 18.3 Å². The Bertz CT molecular complexity index is 727. The molecule has 1 saturated heterocycles. The number of ether oxygens (including phenoxy) is 1. The molecule has 0 saturated carbocycles. The number of rotatable bonds is 4. The first-order valence-electron chi connectivity index (χ1n) is 9.61. The van der Waals surface area contributed by atoms with Crippen molar-refractivity contribution in [2.24, 2.45) is 0 Å². The highest BCUT2D eigenvalue weighted by atomic mass is 32.1. The predicted octanol–water partition coefficient (Wildman–Crippen LogP) is 3.27. The Balaban J connectivity index is 1.85. The second kappa shape index (κ2) is 9.73. The zero-order chi connectivity index (χ0) is 21.6. The zero-order valence-electron chi connectivity index (χ0n) is 17.3. The van der Waals surface area contributed by atoms with Gasteiger partial charge in [-0.1, -0.05) is 0 Å². The standard InChI is InChI=1S/C19H29N5O4S/c1-5-24(18(26)27)16(29)22-15-7-6-14(12-20-15)23-10-8-13(9-11-23)21-17(25)28-19(2,3)4/h6-7,12-13H,5,8-11H2,1-4H3,(H,21,25)(H,26,27)(H,20,22,29). The van der Waals surface area contributed by atoms with Crippen LogP contribution in [0.4, 0.5) is 21.1 Å². The summed E-state index contributed by atoms with van der Waals surface area (Å²) < 4.78 is 5.31. The summed E-state index contributed by atoms with van der Waals surface area (Å²) >= 11 is 5.11. The van der Waals surface area contributed by atoms with Gasteiger partial charge in [-0.25, -0.2) is 14.6 Å². The molecule has 0 aliphatic carbocycles. The molecule has 2 heterocycles. The minimum absolute atomic E-state index is 0.0865. The van der Waals surface area contributed by atoms with Crippen LogP contribution in [0.5, 0.6) is 0 Å². The Morgan fingerprint density at radius 2 is 2.00 bits per heavy atom. The SMILES string of the molecule is CCN(C(=O)O)C(=S)Nc1ccc(N2CCC(NC(=O)OC(C)(C)C)CC2)cn1. The first-order chi connectivity index (χ1) is 13.6. The number of carbonyl (C=O) groups excluding carboxylic acids is 1. The number of thiocarbonyl (C=S) groups is 1. The fourth-order valence-corrected chi connectivity index (χ4v) is 3.26. The third-order valence-electron chi connectivity index (χ3n) is 4.36. The number of hydrogen-bond acceptors (Lipinski definition) is 6. The average molecular weight is 424 g/mol. The van der Waals surface area contributed by atoms with Crippen molar-refractivity contribution in [1.82, 2.24) is 15.2 Å². The van der Waals surface area contributed by atoms with Crippen LogP contribution in [0.25, 0.3) is 0 Å². The molecule has 2 rings (SSSR count). The molecule has 0 aromatic carbocycles. The maximum atomic E-state index is 11.9. The van der Waals surface area contributed by atoms with Crippen LogP contribution >= 0.6 is 12.2 Å². The van der Waals surface area contributed by atoms with E-state index in [1.807, 2.05) is 26.8 Å². The molecule has 1 aliphatic heterocycles. The lowest BCUT2D eigenvalue weighted by Gasteiger charge is -2.34. The van der Waals surface area contributed by atoms with E-state index >= 15 is 0 Å². The number of amides is 2. The first-order valence-corrected chi connectivity index (χ1v) is 10.0. The molecule has 29 heavy (non-hydrogen) atoms. The van der Waals surface area contributed by atoms with E-state index in [-0.39, 0.29) is 23.8 Å². The van der Waals surface area contributed by atoms with Crippen molar-refractivity contribution in [3.8, 4) is 0 Å². The summed E-state index contributed by atoms with van der Waals surface area (Å²) in [5.41, 5.74) is 0.454. The summed E-state index contributed by atoms with van der Waals surface area (Å²) in [6.07, 6.45) is 1.86. The lowest BCUT2D eigenvalue weighted by molar-refractivity contribution is 0.0497. The van der Waals surface area contributed by atoms with Crippen molar-refractivity contribution in [1.29, 1.82) is 0 Å². The van der Waals surface area contributed by atoms with Gasteiger partial charge in [0.05, 0.1) is 11.9 Å². The maximum absolute atomic E-state index is 11.9. The first kappa shape index (κ1) is 22.7. The minimum atomic E-state index is -1.11. The Morgan fingerprint density at radius 3 is 2.48 bits per heavy atom. The second-order valence-corrected chi connectivity index (χ2v) is 8.15. The number of alkyl carbamates (subject to hydrolysis) is 1. The van der Waals surface area contributed by atoms with Crippen molar-refractivity contribution >= 4 is 41.0 Å². The van der Waals surface area contributed by atoms with E-state index in [1.54, 1.807) is 19.2 Å². The van der Waals surface area contributed by atoms with Gasteiger partial charge in [-0.05, 0) is 64.9 Å². The van der Waals surface area contributed by atoms with Gasteiger partial charge in [0.15, 0.2) is 5.11 Å². The number of piperidine rings is 1. The highest BCUT2D eigenvalue weighted by molar-refractivity contribution is 7.80. The van der Waals surface area contributed by atoms with Gasteiger partial charge in [0.1, 0.15) is 11.4 Å². The molecule has 0 spiro atoms. The highest BCUT2D eigenvalue weighted by Crippen LogP contribution is 2.21. The number of anilines is 2. The van der Waals surface area contributed by atoms with Crippen molar-refractivity contribution in [3.63, 3.8) is 0 Å². The Kier molecular flexibility index (Phi) is 7.60. The van der Waals surface area contributed by atoms with Gasteiger partial charge in [-0.2, -0.15) is 0 Å². The number of pyridine rings is 1. The molecule has 1 fully saturated rings. The predicted molar refractivity (Wildman–Crippen MR) is 115 cm³/mol. The monoisotopic (exact) mass is 423 g/mol. The topological polar surface area (TPSA) is 107 Å². The van der Waals surface area contributed by atoms with Crippen LogP contribution in [0.15, 0.2) is 18.3 Å². The molecule has 9 nitrogen and oxygen atoms in total. The van der Waals surface area contributed by atoms with Crippen molar-refractivity contribution < 1.29 is 19.4 Å². The van der Waals surface area contributed by atoms with E-state index in [4.69, 9.17) is 22.1 Å². The van der Waals surface area contributed by atoms with Crippen molar-refractivity contribution in [2.45, 2.75) is 52.2 Å². The molecule has 1 aromatic heterocycles. The number of carboxylic acid groups (broad SMARTS) is 1. The number of nitrogens with one attached hydrogen (secondary N) is 2. The average Bonchev–Trinajstić information content (AvgIpc) is 2.61. The zero-order valence-corrected chi connectivity index (χ0v) is 18.1. The van der Waals surface area contributed by atoms with Gasteiger partial charge in [0, 0.05) is 25.7 Å². The minimum Gasteiger partial charge on any atom is -0.465 e. The van der Waals surface area contributed by atoms with Crippen LogP contribution in [-0.4, -0.2) is 63.6 Å². The molecule has 0 unspecified atom stereocenters. The molecule has 1 aromatic rings. The molecule has 2 amide bonds. The normalized spacial score (nSPS) is 14.8. The van der Waals surface area contributed by atoms with Crippen LogP contribution in [0.3, 0.4) is 0 Å². The molecule has 0 bridgehead atoms. The number of carbonyl (C=O) groups is 2. The maximum Gasteiger partial charge on any atom is 0.413 e. The molecule has 0 atom stereocenters. The molecular formula is C19H29N5O4S. The summed E-state index contributed by atoms with van der Waals surface area (Å²) in [4.78, 5) is 30.6. The molecule has 1 aliphatic rings. The van der Waals surface area contributed by atoms with E-state index in [0.717, 1.165) is 36.5 Å². The van der Waals surface area contributed by atoms with Crippen molar-refractivity contribution in [2.75, 3.05) is 29.9 Å². The lowest BCUT2D eigenvalue weighted by Crippen LogP contribution is -2.46. The third-order valence-corrected chi connectivity index (χ3v) is 4.68. The van der Waals surface area contributed by atoms with E-state index < -0.39 is 11.7 Å². The third kappa shape index (κ3) is 7.04. The lowest BCUT2D eigenvalue weighted by atomic mass is 10.0. The summed E-state index contributed by atoms with van der Waals surface area (Å²) in [7, 11) is 0. The molecule has 3 N–H and O–H groups in total. The smallest absolute Gasteiger partial charge is 0.413 e. The number of aromatic nitrogens is 1. The number of hydrogen-bond donors (Lipinski definition) is 3. The van der Waals surface area contributed by atoms with Crippen LogP contribution in [0.1, 0.15) is 40.5 Å². The van der Waals surface area contributed by atoms with E-state index in [1.165, 1.54) is 0 Å². The van der Waals surface area contributed by atoms with Gasteiger partial charge in [0.2, 0.25) is 0 Å². The van der Waals surface area contributed by atoms with E-state index in [2.05, 4.69) is 20.5 Å². The summed E-state index contributed by atoms with van der Waals surface area (Å²) in [6, 6.07) is 3.77. The molecule has 160 valence electrons. The van der Waals surface area contributed by atoms with E-state index in [0.29, 0.717) is 5.82 Å². The number of nitrogens with zero attached hydrogens (tertiary/aromatic N) is 3. The fourth-order valence-electron chi connectivity index (χ4n) is 2.95. The fraction of sp³-hybridized carbons (Fsp3) is 0.579. The largest absolute Gasteiger partial charge is 0.465 e. The van der Waals surface area contributed by atoms with Gasteiger partial charge < -0.3 is 25.4 Å². The van der Waals surface area contributed by atoms with Crippen LogP contribution in [-0.2, 0) is 4.74 Å². The summed E-state index contributed by atoms with van der Waals surface area (Å²) in [6.45, 7) is 9.07.